The highest BCUT2D eigenvalue weighted by molar-refractivity contribution is 6.03. The number of imide groups is 1. The Labute approximate surface area is 167 Å². The van der Waals surface area contributed by atoms with Crippen molar-refractivity contribution in [2.24, 2.45) is 11.8 Å². The number of aliphatic hydroxyl groups excluding tert-OH is 1. The highest BCUT2D eigenvalue weighted by Gasteiger charge is 2.40. The van der Waals surface area contributed by atoms with E-state index in [1.807, 2.05) is 58.0 Å². The lowest BCUT2D eigenvalue weighted by Crippen LogP contribution is -2.42. The van der Waals surface area contributed by atoms with Crippen molar-refractivity contribution in [3.8, 4) is 0 Å². The van der Waals surface area contributed by atoms with E-state index in [0.29, 0.717) is 12.2 Å². The van der Waals surface area contributed by atoms with Crippen molar-refractivity contribution in [3.63, 3.8) is 0 Å². The molecule has 0 radical (unpaired) electrons. The first-order valence-electron chi connectivity index (χ1n) is 9.74. The third-order valence-electron chi connectivity index (χ3n) is 5.12. The molecule has 1 aliphatic heterocycles. The monoisotopic (exact) mass is 389 g/mol. The Morgan fingerprint density at radius 1 is 1.29 bits per heavy atom. The summed E-state index contributed by atoms with van der Waals surface area (Å²) in [5.74, 6) is -0.582. The normalized spacial score (nSPS) is 20.8. The van der Waals surface area contributed by atoms with Gasteiger partial charge in [0, 0.05) is 11.5 Å². The highest BCUT2D eigenvalue weighted by Crippen LogP contribution is 2.23. The van der Waals surface area contributed by atoms with Crippen LogP contribution in [0.3, 0.4) is 0 Å². The molecule has 1 aromatic carbocycles. The number of amides is 2. The SMILES string of the molecule is C/C(=C\[C@H](C)[C@H](O)[C@H](C)OCc1ccccc1)C(=O)N1C(=O)OC[C@@H]1C(C)C. The van der Waals surface area contributed by atoms with E-state index in [1.54, 1.807) is 13.0 Å². The Kier molecular flexibility index (Phi) is 7.78. The van der Waals surface area contributed by atoms with Gasteiger partial charge in [0.1, 0.15) is 6.61 Å². The average molecular weight is 389 g/mol. The van der Waals surface area contributed by atoms with Crippen LogP contribution in [0.5, 0.6) is 0 Å². The Bertz CT molecular complexity index is 700. The molecule has 0 bridgehead atoms. The molecule has 0 unspecified atom stereocenters. The van der Waals surface area contributed by atoms with Crippen LogP contribution in [-0.4, -0.2) is 46.9 Å². The third kappa shape index (κ3) is 5.42. The zero-order valence-corrected chi connectivity index (χ0v) is 17.3. The second-order valence-electron chi connectivity index (χ2n) is 7.76. The molecule has 0 aliphatic carbocycles. The van der Waals surface area contributed by atoms with Crippen LogP contribution in [0.25, 0.3) is 0 Å². The van der Waals surface area contributed by atoms with Gasteiger partial charge >= 0.3 is 6.09 Å². The number of rotatable bonds is 8. The number of benzene rings is 1. The summed E-state index contributed by atoms with van der Waals surface area (Å²) in [5.41, 5.74) is 1.44. The minimum Gasteiger partial charge on any atom is -0.447 e. The largest absolute Gasteiger partial charge is 0.447 e. The zero-order valence-electron chi connectivity index (χ0n) is 17.3. The highest BCUT2D eigenvalue weighted by atomic mass is 16.6. The van der Waals surface area contributed by atoms with Crippen LogP contribution >= 0.6 is 0 Å². The molecule has 0 saturated carbocycles. The van der Waals surface area contributed by atoms with Gasteiger partial charge in [0.2, 0.25) is 0 Å². The Balaban J connectivity index is 1.98. The molecule has 2 rings (SSSR count). The fraction of sp³-hybridized carbons (Fsp3) is 0.545. The minimum atomic E-state index is -0.780. The maximum absolute atomic E-state index is 12.8. The van der Waals surface area contributed by atoms with Gasteiger partial charge in [-0.25, -0.2) is 9.69 Å². The summed E-state index contributed by atoms with van der Waals surface area (Å²) in [6, 6.07) is 9.48. The molecule has 1 fully saturated rings. The maximum Gasteiger partial charge on any atom is 0.417 e. The molecule has 154 valence electrons. The number of hydrogen-bond donors (Lipinski definition) is 1. The van der Waals surface area contributed by atoms with Crippen molar-refractivity contribution < 1.29 is 24.2 Å². The first-order valence-corrected chi connectivity index (χ1v) is 9.74. The van der Waals surface area contributed by atoms with Gasteiger partial charge in [-0.15, -0.1) is 0 Å². The van der Waals surface area contributed by atoms with Gasteiger partial charge in [0.15, 0.2) is 0 Å². The molecule has 1 aromatic rings. The second kappa shape index (κ2) is 9.85. The van der Waals surface area contributed by atoms with Crippen LogP contribution in [0.4, 0.5) is 4.79 Å². The molecule has 6 heteroatoms. The van der Waals surface area contributed by atoms with Gasteiger partial charge < -0.3 is 14.6 Å². The molecule has 28 heavy (non-hydrogen) atoms. The molecule has 1 aliphatic rings. The quantitative estimate of drug-likeness (QED) is 0.688. The fourth-order valence-electron chi connectivity index (χ4n) is 3.24. The predicted octanol–water partition coefficient (Wildman–Crippen LogP) is 3.54. The average Bonchev–Trinajstić information content (AvgIpc) is 3.07. The van der Waals surface area contributed by atoms with Gasteiger partial charge in [0.05, 0.1) is 24.9 Å². The first-order chi connectivity index (χ1) is 13.2. The van der Waals surface area contributed by atoms with E-state index in [9.17, 15) is 14.7 Å². The lowest BCUT2D eigenvalue weighted by molar-refractivity contribution is -0.125. The van der Waals surface area contributed by atoms with Crippen LogP contribution in [0.1, 0.15) is 40.2 Å². The van der Waals surface area contributed by atoms with Crippen LogP contribution in [0.15, 0.2) is 42.0 Å². The van der Waals surface area contributed by atoms with Gasteiger partial charge in [0.25, 0.3) is 5.91 Å². The molecule has 4 atom stereocenters. The summed E-state index contributed by atoms with van der Waals surface area (Å²) in [6.07, 6.45) is -0.102. The maximum atomic E-state index is 12.8. The van der Waals surface area contributed by atoms with Crippen LogP contribution in [-0.2, 0) is 20.9 Å². The van der Waals surface area contributed by atoms with Crippen molar-refractivity contribution in [3.05, 3.63) is 47.5 Å². The van der Waals surface area contributed by atoms with E-state index in [1.165, 1.54) is 4.90 Å². The van der Waals surface area contributed by atoms with Crippen molar-refractivity contribution in [2.45, 2.75) is 59.5 Å². The number of carbonyl (C=O) groups excluding carboxylic acids is 2. The predicted molar refractivity (Wildman–Crippen MR) is 106 cm³/mol. The van der Waals surface area contributed by atoms with E-state index < -0.39 is 18.3 Å². The number of carbonyl (C=O) groups is 2. The number of nitrogens with zero attached hydrogens (tertiary/aromatic N) is 1. The summed E-state index contributed by atoms with van der Waals surface area (Å²) in [7, 11) is 0. The first kappa shape index (κ1) is 22.1. The molecule has 1 N–H and O–H groups in total. The van der Waals surface area contributed by atoms with Crippen molar-refractivity contribution in [1.82, 2.24) is 4.90 Å². The summed E-state index contributed by atoms with van der Waals surface area (Å²) in [5, 5.41) is 10.6. The fourth-order valence-corrected chi connectivity index (χ4v) is 3.24. The van der Waals surface area contributed by atoms with E-state index in [-0.39, 0.29) is 30.4 Å². The number of hydrogen-bond acceptors (Lipinski definition) is 5. The van der Waals surface area contributed by atoms with E-state index >= 15 is 0 Å². The second-order valence-corrected chi connectivity index (χ2v) is 7.76. The van der Waals surface area contributed by atoms with E-state index in [2.05, 4.69) is 0 Å². The Morgan fingerprint density at radius 2 is 1.93 bits per heavy atom. The molecular formula is C22H31NO5. The van der Waals surface area contributed by atoms with Crippen LogP contribution < -0.4 is 0 Å². The molecule has 0 spiro atoms. The lowest BCUT2D eigenvalue weighted by atomic mass is 9.97. The van der Waals surface area contributed by atoms with Gasteiger partial charge in [-0.2, -0.15) is 0 Å². The van der Waals surface area contributed by atoms with Crippen molar-refractivity contribution >= 4 is 12.0 Å². The zero-order chi connectivity index (χ0) is 20.8. The minimum absolute atomic E-state index is 0.109. The summed E-state index contributed by atoms with van der Waals surface area (Å²) >= 11 is 0. The smallest absolute Gasteiger partial charge is 0.417 e. The molecular weight excluding hydrogens is 358 g/mol. The van der Waals surface area contributed by atoms with Gasteiger partial charge in [-0.3, -0.25) is 4.79 Å². The van der Waals surface area contributed by atoms with Gasteiger partial charge in [-0.1, -0.05) is 57.2 Å². The van der Waals surface area contributed by atoms with Crippen molar-refractivity contribution in [1.29, 1.82) is 0 Å². The molecule has 1 saturated heterocycles. The van der Waals surface area contributed by atoms with E-state index in [0.717, 1.165) is 5.56 Å². The Morgan fingerprint density at radius 3 is 2.54 bits per heavy atom. The number of ether oxygens (including phenoxy) is 2. The Hall–Kier alpha value is -2.18. The topological polar surface area (TPSA) is 76.1 Å². The van der Waals surface area contributed by atoms with Gasteiger partial charge in [-0.05, 0) is 25.3 Å². The molecule has 0 aromatic heterocycles. The molecule has 6 nitrogen and oxygen atoms in total. The molecule has 1 heterocycles. The standard InChI is InChI=1S/C22H31NO5/c1-14(2)19-13-28-22(26)23(19)21(25)16(4)11-15(3)20(24)17(5)27-12-18-9-7-6-8-10-18/h6-11,14-15,17,19-20,24H,12-13H2,1-5H3/b16-11+/t15-,17-,19+,20-/m0/s1. The molecule has 2 amide bonds. The number of cyclic esters (lactones) is 1. The lowest BCUT2D eigenvalue weighted by Gasteiger charge is -2.25. The summed E-state index contributed by atoms with van der Waals surface area (Å²) in [4.78, 5) is 25.9. The van der Waals surface area contributed by atoms with E-state index in [4.69, 9.17) is 9.47 Å². The summed E-state index contributed by atoms with van der Waals surface area (Å²) in [6.45, 7) is 9.81. The summed E-state index contributed by atoms with van der Waals surface area (Å²) < 4.78 is 10.8. The van der Waals surface area contributed by atoms with Crippen molar-refractivity contribution in [2.75, 3.05) is 6.61 Å². The third-order valence-corrected chi connectivity index (χ3v) is 5.12. The number of aliphatic hydroxyl groups is 1. The van der Waals surface area contributed by atoms with Crippen LogP contribution in [0, 0.1) is 11.8 Å². The van der Waals surface area contributed by atoms with Crippen LogP contribution in [0.2, 0.25) is 0 Å².